The normalized spacial score (nSPS) is 16.7. The van der Waals surface area contributed by atoms with Crippen LogP contribution in [-0.4, -0.2) is 42.6 Å². The van der Waals surface area contributed by atoms with Crippen molar-refractivity contribution >= 4 is 38.7 Å². The van der Waals surface area contributed by atoms with E-state index in [1.165, 1.54) is 5.56 Å². The maximum Gasteiger partial charge on any atom is 0.128 e. The number of nitrogens with zero attached hydrogens (tertiary/aromatic N) is 3. The third kappa shape index (κ3) is 3.93. The zero-order valence-electron chi connectivity index (χ0n) is 10.1. The van der Waals surface area contributed by atoms with Crippen LogP contribution in [-0.2, 0) is 5.33 Å². The van der Waals surface area contributed by atoms with Crippen molar-refractivity contribution < 1.29 is 0 Å². The van der Waals surface area contributed by atoms with Crippen LogP contribution in [0.3, 0.4) is 0 Å². The van der Waals surface area contributed by atoms with Gasteiger partial charge in [0.1, 0.15) is 5.82 Å². The minimum atomic E-state index is 0. The Labute approximate surface area is 122 Å². The lowest BCUT2D eigenvalue weighted by Gasteiger charge is -2.34. The number of pyridine rings is 1. The summed E-state index contributed by atoms with van der Waals surface area (Å²) in [7, 11) is 0. The van der Waals surface area contributed by atoms with Crippen molar-refractivity contribution in [2.24, 2.45) is 0 Å². The van der Waals surface area contributed by atoms with Crippen molar-refractivity contribution in [3.8, 4) is 0 Å². The van der Waals surface area contributed by atoms with Crippen LogP contribution >= 0.6 is 32.9 Å². The average Bonchev–Trinajstić information content (AvgIpc) is 2.39. The van der Waals surface area contributed by atoms with E-state index in [1.807, 2.05) is 6.20 Å². The predicted octanol–water partition coefficient (Wildman–Crippen LogP) is 2.70. The summed E-state index contributed by atoms with van der Waals surface area (Å²) in [6, 6.07) is 4.27. The van der Waals surface area contributed by atoms with E-state index < -0.39 is 0 Å². The van der Waals surface area contributed by atoms with Gasteiger partial charge in [-0.1, -0.05) is 28.9 Å². The van der Waals surface area contributed by atoms with Crippen molar-refractivity contribution in [3.63, 3.8) is 0 Å². The average molecular weight is 365 g/mol. The number of alkyl halides is 1. The van der Waals surface area contributed by atoms with Crippen molar-refractivity contribution in [2.75, 3.05) is 37.6 Å². The first-order chi connectivity index (χ1) is 7.83. The molecule has 0 spiro atoms. The standard InChI is InChI=1S/C12H18BrN3.BrH/c1-2-15-5-7-16(8-6-15)12-4-3-11(9-13)10-14-12;/h3-4,10H,2,5-9H2,1H3;1H. The number of hydrogen-bond donors (Lipinski definition) is 0. The molecule has 1 aliphatic rings. The van der Waals surface area contributed by atoms with E-state index in [4.69, 9.17) is 0 Å². The molecule has 96 valence electrons. The fraction of sp³-hybridized carbons (Fsp3) is 0.583. The fourth-order valence-corrected chi connectivity index (χ4v) is 2.31. The molecule has 1 saturated heterocycles. The summed E-state index contributed by atoms with van der Waals surface area (Å²) in [5, 5.41) is 0.879. The molecule has 0 unspecified atom stereocenters. The van der Waals surface area contributed by atoms with Gasteiger partial charge in [-0.2, -0.15) is 0 Å². The molecule has 2 rings (SSSR count). The summed E-state index contributed by atoms with van der Waals surface area (Å²) in [6.45, 7) is 7.86. The van der Waals surface area contributed by atoms with E-state index in [2.05, 4.69) is 49.8 Å². The molecule has 0 saturated carbocycles. The molecule has 3 nitrogen and oxygen atoms in total. The fourth-order valence-electron chi connectivity index (χ4n) is 1.98. The van der Waals surface area contributed by atoms with E-state index >= 15 is 0 Å². The van der Waals surface area contributed by atoms with Gasteiger partial charge in [0.2, 0.25) is 0 Å². The lowest BCUT2D eigenvalue weighted by atomic mass is 10.3. The molecule has 1 fully saturated rings. The summed E-state index contributed by atoms with van der Waals surface area (Å²) in [5.41, 5.74) is 1.23. The molecule has 1 aromatic rings. The number of anilines is 1. The highest BCUT2D eigenvalue weighted by Crippen LogP contribution is 2.14. The SMILES string of the molecule is Br.CCN1CCN(c2ccc(CBr)cn2)CC1. The van der Waals surface area contributed by atoms with Crippen molar-refractivity contribution in [3.05, 3.63) is 23.9 Å². The van der Waals surface area contributed by atoms with Crippen molar-refractivity contribution in [2.45, 2.75) is 12.3 Å². The Morgan fingerprint density at radius 3 is 2.41 bits per heavy atom. The molecule has 0 atom stereocenters. The van der Waals surface area contributed by atoms with E-state index in [0.717, 1.165) is 43.9 Å². The maximum absolute atomic E-state index is 4.50. The zero-order valence-corrected chi connectivity index (χ0v) is 13.4. The molecular formula is C12H19Br2N3. The van der Waals surface area contributed by atoms with Crippen molar-refractivity contribution in [1.82, 2.24) is 9.88 Å². The Bertz CT molecular complexity index is 321. The molecule has 5 heteroatoms. The monoisotopic (exact) mass is 363 g/mol. The summed E-state index contributed by atoms with van der Waals surface area (Å²) in [5.74, 6) is 1.11. The third-order valence-electron chi connectivity index (χ3n) is 3.11. The molecule has 0 amide bonds. The second-order valence-corrected chi connectivity index (χ2v) is 4.64. The largest absolute Gasteiger partial charge is 0.354 e. The molecule has 0 radical (unpaired) electrons. The van der Waals surface area contributed by atoms with Crippen LogP contribution < -0.4 is 4.90 Å². The first-order valence-corrected chi connectivity index (χ1v) is 6.94. The summed E-state index contributed by atoms with van der Waals surface area (Å²) >= 11 is 3.43. The number of hydrogen-bond acceptors (Lipinski definition) is 3. The van der Waals surface area contributed by atoms with Gasteiger partial charge in [0.25, 0.3) is 0 Å². The zero-order chi connectivity index (χ0) is 11.4. The van der Waals surface area contributed by atoms with E-state index in [1.54, 1.807) is 0 Å². The highest BCUT2D eigenvalue weighted by Gasteiger charge is 2.16. The summed E-state index contributed by atoms with van der Waals surface area (Å²) in [6.07, 6.45) is 1.95. The lowest BCUT2D eigenvalue weighted by Crippen LogP contribution is -2.46. The van der Waals surface area contributed by atoms with Gasteiger partial charge in [-0.15, -0.1) is 17.0 Å². The summed E-state index contributed by atoms with van der Waals surface area (Å²) in [4.78, 5) is 9.34. The topological polar surface area (TPSA) is 19.4 Å². The Morgan fingerprint density at radius 1 is 1.24 bits per heavy atom. The first-order valence-electron chi connectivity index (χ1n) is 5.81. The van der Waals surface area contributed by atoms with Crippen LogP contribution in [0.25, 0.3) is 0 Å². The van der Waals surface area contributed by atoms with Gasteiger partial charge in [-0.3, -0.25) is 0 Å². The second kappa shape index (κ2) is 7.34. The molecule has 0 aliphatic carbocycles. The van der Waals surface area contributed by atoms with Gasteiger partial charge in [-0.05, 0) is 18.2 Å². The minimum Gasteiger partial charge on any atom is -0.354 e. The maximum atomic E-state index is 4.50. The minimum absolute atomic E-state index is 0. The third-order valence-corrected chi connectivity index (χ3v) is 3.75. The molecule has 1 aliphatic heterocycles. The van der Waals surface area contributed by atoms with Gasteiger partial charge < -0.3 is 9.80 Å². The van der Waals surface area contributed by atoms with Gasteiger partial charge in [0.05, 0.1) is 0 Å². The van der Waals surface area contributed by atoms with Crippen LogP contribution in [0.4, 0.5) is 5.82 Å². The number of halogens is 2. The molecule has 2 heterocycles. The molecule has 1 aromatic heterocycles. The highest BCUT2D eigenvalue weighted by molar-refractivity contribution is 9.08. The highest BCUT2D eigenvalue weighted by atomic mass is 79.9. The number of aromatic nitrogens is 1. The molecule has 0 bridgehead atoms. The Hall–Kier alpha value is -0.130. The van der Waals surface area contributed by atoms with Crippen LogP contribution in [0.1, 0.15) is 12.5 Å². The Balaban J connectivity index is 0.00000144. The Morgan fingerprint density at radius 2 is 1.94 bits per heavy atom. The van der Waals surface area contributed by atoms with Gasteiger partial charge >= 0.3 is 0 Å². The molecular weight excluding hydrogens is 346 g/mol. The Kier molecular flexibility index (Phi) is 6.44. The van der Waals surface area contributed by atoms with E-state index in [9.17, 15) is 0 Å². The first kappa shape index (κ1) is 14.9. The molecule has 17 heavy (non-hydrogen) atoms. The van der Waals surface area contributed by atoms with Crippen LogP contribution in [0.15, 0.2) is 18.3 Å². The van der Waals surface area contributed by atoms with Crippen LogP contribution in [0.5, 0.6) is 0 Å². The van der Waals surface area contributed by atoms with E-state index in [-0.39, 0.29) is 17.0 Å². The summed E-state index contributed by atoms with van der Waals surface area (Å²) < 4.78 is 0. The van der Waals surface area contributed by atoms with Gasteiger partial charge in [-0.25, -0.2) is 4.98 Å². The van der Waals surface area contributed by atoms with Gasteiger partial charge in [0.15, 0.2) is 0 Å². The lowest BCUT2D eigenvalue weighted by molar-refractivity contribution is 0.270. The van der Waals surface area contributed by atoms with Crippen molar-refractivity contribution in [1.29, 1.82) is 0 Å². The molecule has 0 aromatic carbocycles. The number of piperazine rings is 1. The number of likely N-dealkylation sites (N-methyl/N-ethyl adjacent to an activating group) is 1. The van der Waals surface area contributed by atoms with Crippen LogP contribution in [0, 0.1) is 0 Å². The predicted molar refractivity (Wildman–Crippen MR) is 81.5 cm³/mol. The quantitative estimate of drug-likeness (QED) is 0.768. The van der Waals surface area contributed by atoms with Crippen LogP contribution in [0.2, 0.25) is 0 Å². The second-order valence-electron chi connectivity index (χ2n) is 4.08. The smallest absolute Gasteiger partial charge is 0.128 e. The van der Waals surface area contributed by atoms with Gasteiger partial charge in [0, 0.05) is 37.7 Å². The van der Waals surface area contributed by atoms with E-state index in [0.29, 0.717) is 0 Å². The number of rotatable bonds is 3. The molecule has 0 N–H and O–H groups in total.